The number of nitrogens with one attached hydrogen (secondary N) is 1. The molecule has 4 rings (SSSR count). The molecule has 178 valence electrons. The van der Waals surface area contributed by atoms with Crippen LogP contribution >= 0.6 is 0 Å². The van der Waals surface area contributed by atoms with Gasteiger partial charge in [0.05, 0.1) is 10.6 Å². The highest BCUT2D eigenvalue weighted by Gasteiger charge is 2.29. The molecule has 8 heteroatoms. The van der Waals surface area contributed by atoms with Gasteiger partial charge in [0, 0.05) is 24.5 Å². The standard InChI is InChI=1S/C26H28FN3O3S/c1-20-9-15-23(16-10-20)34(32,33)30(25-8-4-3-7-24(25)27)19-26(31)28-21-11-13-22(14-12-21)29-17-5-2-6-18-29/h3-4,7-16H,2,5-6,17-19H2,1H3,(H,28,31). The van der Waals surface area contributed by atoms with Gasteiger partial charge in [0.15, 0.2) is 0 Å². The fraction of sp³-hybridized carbons (Fsp3) is 0.269. The summed E-state index contributed by atoms with van der Waals surface area (Å²) in [7, 11) is -4.18. The number of piperidine rings is 1. The topological polar surface area (TPSA) is 69.7 Å². The molecule has 0 spiro atoms. The van der Waals surface area contributed by atoms with Gasteiger partial charge in [0.2, 0.25) is 5.91 Å². The summed E-state index contributed by atoms with van der Waals surface area (Å²) in [5, 5.41) is 2.74. The Balaban J connectivity index is 1.55. The number of para-hydroxylation sites is 1. The molecule has 0 aromatic heterocycles. The average molecular weight is 482 g/mol. The summed E-state index contributed by atoms with van der Waals surface area (Å²) in [6.07, 6.45) is 3.58. The Labute approximate surface area is 200 Å². The summed E-state index contributed by atoms with van der Waals surface area (Å²) in [6, 6.07) is 19.2. The van der Waals surface area contributed by atoms with E-state index in [9.17, 15) is 17.6 Å². The van der Waals surface area contributed by atoms with E-state index in [4.69, 9.17) is 0 Å². The smallest absolute Gasteiger partial charge is 0.264 e. The Morgan fingerprint density at radius 2 is 1.59 bits per heavy atom. The molecular formula is C26H28FN3O3S. The lowest BCUT2D eigenvalue weighted by atomic mass is 10.1. The van der Waals surface area contributed by atoms with E-state index in [1.54, 1.807) is 24.3 Å². The van der Waals surface area contributed by atoms with Gasteiger partial charge in [-0.05, 0) is 74.7 Å². The largest absolute Gasteiger partial charge is 0.372 e. The minimum absolute atomic E-state index is 0.0139. The predicted octanol–water partition coefficient (Wildman–Crippen LogP) is 4.96. The van der Waals surface area contributed by atoms with Crippen LogP contribution in [0.25, 0.3) is 0 Å². The van der Waals surface area contributed by atoms with Crippen LogP contribution in [0.1, 0.15) is 24.8 Å². The van der Waals surface area contributed by atoms with Gasteiger partial charge in [-0.3, -0.25) is 9.10 Å². The van der Waals surface area contributed by atoms with Crippen molar-refractivity contribution in [2.24, 2.45) is 0 Å². The number of sulfonamides is 1. The van der Waals surface area contributed by atoms with Crippen molar-refractivity contribution in [1.29, 1.82) is 0 Å². The number of halogens is 1. The molecule has 0 atom stereocenters. The molecule has 1 aliphatic rings. The minimum Gasteiger partial charge on any atom is -0.372 e. The second-order valence-corrected chi connectivity index (χ2v) is 10.3. The molecule has 0 saturated carbocycles. The lowest BCUT2D eigenvalue weighted by molar-refractivity contribution is -0.114. The quantitative estimate of drug-likeness (QED) is 0.518. The maximum atomic E-state index is 14.6. The summed E-state index contributed by atoms with van der Waals surface area (Å²) in [6.45, 7) is 3.31. The molecule has 0 unspecified atom stereocenters. The highest BCUT2D eigenvalue weighted by Crippen LogP contribution is 2.27. The number of amides is 1. The number of rotatable bonds is 7. The van der Waals surface area contributed by atoms with E-state index in [1.807, 2.05) is 19.1 Å². The Morgan fingerprint density at radius 1 is 0.941 bits per heavy atom. The van der Waals surface area contributed by atoms with Crippen molar-refractivity contribution in [2.75, 3.05) is 34.2 Å². The number of aryl methyl sites for hydroxylation is 1. The third kappa shape index (κ3) is 5.39. The molecule has 0 aliphatic carbocycles. The number of nitrogens with zero attached hydrogens (tertiary/aromatic N) is 2. The van der Waals surface area contributed by atoms with Crippen molar-refractivity contribution in [3.8, 4) is 0 Å². The molecule has 3 aromatic rings. The van der Waals surface area contributed by atoms with E-state index in [-0.39, 0.29) is 10.6 Å². The first kappa shape index (κ1) is 23.8. The fourth-order valence-electron chi connectivity index (χ4n) is 4.03. The van der Waals surface area contributed by atoms with E-state index in [1.165, 1.54) is 55.7 Å². The van der Waals surface area contributed by atoms with Gasteiger partial charge in [0.1, 0.15) is 12.4 Å². The molecule has 1 aliphatic heterocycles. The van der Waals surface area contributed by atoms with Gasteiger partial charge in [0.25, 0.3) is 10.0 Å². The van der Waals surface area contributed by atoms with Gasteiger partial charge >= 0.3 is 0 Å². The lowest BCUT2D eigenvalue weighted by Gasteiger charge is -2.29. The van der Waals surface area contributed by atoms with Crippen molar-refractivity contribution in [2.45, 2.75) is 31.1 Å². The van der Waals surface area contributed by atoms with Crippen LogP contribution < -0.4 is 14.5 Å². The van der Waals surface area contributed by atoms with Gasteiger partial charge in [-0.1, -0.05) is 29.8 Å². The molecule has 0 radical (unpaired) electrons. The fourth-order valence-corrected chi connectivity index (χ4v) is 5.46. The molecule has 0 bridgehead atoms. The average Bonchev–Trinajstić information content (AvgIpc) is 2.84. The van der Waals surface area contributed by atoms with E-state index in [0.717, 1.165) is 28.6 Å². The number of anilines is 3. The van der Waals surface area contributed by atoms with Gasteiger partial charge < -0.3 is 10.2 Å². The number of benzene rings is 3. The molecule has 1 N–H and O–H groups in total. The Bertz CT molecular complexity index is 1240. The molecule has 3 aromatic carbocycles. The zero-order valence-corrected chi connectivity index (χ0v) is 19.9. The van der Waals surface area contributed by atoms with E-state index in [2.05, 4.69) is 10.2 Å². The molecule has 34 heavy (non-hydrogen) atoms. The van der Waals surface area contributed by atoms with Crippen molar-refractivity contribution in [1.82, 2.24) is 0 Å². The van der Waals surface area contributed by atoms with E-state index in [0.29, 0.717) is 5.69 Å². The Morgan fingerprint density at radius 3 is 2.24 bits per heavy atom. The molecule has 6 nitrogen and oxygen atoms in total. The third-order valence-electron chi connectivity index (χ3n) is 5.89. The molecule has 1 saturated heterocycles. The van der Waals surface area contributed by atoms with Gasteiger partial charge in [-0.15, -0.1) is 0 Å². The maximum absolute atomic E-state index is 14.6. The molecule has 1 heterocycles. The van der Waals surface area contributed by atoms with Crippen LogP contribution in [0.2, 0.25) is 0 Å². The van der Waals surface area contributed by atoms with Crippen LogP contribution in [0.5, 0.6) is 0 Å². The van der Waals surface area contributed by atoms with Gasteiger partial charge in [-0.25, -0.2) is 12.8 Å². The predicted molar refractivity (Wildman–Crippen MR) is 133 cm³/mol. The first-order chi connectivity index (χ1) is 16.3. The number of hydrogen-bond acceptors (Lipinski definition) is 4. The normalized spacial score (nSPS) is 14.0. The van der Waals surface area contributed by atoms with Crippen molar-refractivity contribution >= 4 is 33.0 Å². The summed E-state index contributed by atoms with van der Waals surface area (Å²) in [4.78, 5) is 15.2. The zero-order valence-electron chi connectivity index (χ0n) is 19.1. The number of carbonyl (C=O) groups excluding carboxylic acids is 1. The van der Waals surface area contributed by atoms with Crippen molar-refractivity contribution < 1.29 is 17.6 Å². The molecular weight excluding hydrogens is 453 g/mol. The first-order valence-corrected chi connectivity index (χ1v) is 12.8. The first-order valence-electron chi connectivity index (χ1n) is 11.3. The molecule has 1 amide bonds. The Kier molecular flexibility index (Phi) is 7.17. The van der Waals surface area contributed by atoms with Crippen LogP contribution in [-0.4, -0.2) is 34.0 Å². The zero-order chi connectivity index (χ0) is 24.1. The second-order valence-electron chi connectivity index (χ2n) is 8.42. The second kappa shape index (κ2) is 10.3. The van der Waals surface area contributed by atoms with Crippen LogP contribution in [0.3, 0.4) is 0 Å². The maximum Gasteiger partial charge on any atom is 0.264 e. The van der Waals surface area contributed by atoms with Gasteiger partial charge in [-0.2, -0.15) is 0 Å². The number of hydrogen-bond donors (Lipinski definition) is 1. The lowest BCUT2D eigenvalue weighted by Crippen LogP contribution is -2.38. The summed E-state index contributed by atoms with van der Waals surface area (Å²) in [5.41, 5.74) is 2.35. The summed E-state index contributed by atoms with van der Waals surface area (Å²) >= 11 is 0. The third-order valence-corrected chi connectivity index (χ3v) is 7.66. The minimum atomic E-state index is -4.18. The number of carbonyl (C=O) groups is 1. The van der Waals surface area contributed by atoms with Crippen LogP contribution in [0.4, 0.5) is 21.5 Å². The summed E-state index contributed by atoms with van der Waals surface area (Å²) in [5.74, 6) is -1.29. The van der Waals surface area contributed by atoms with E-state index < -0.39 is 28.3 Å². The van der Waals surface area contributed by atoms with Crippen LogP contribution in [0, 0.1) is 12.7 Å². The Hall–Kier alpha value is -3.39. The van der Waals surface area contributed by atoms with Crippen LogP contribution in [-0.2, 0) is 14.8 Å². The van der Waals surface area contributed by atoms with Crippen molar-refractivity contribution in [3.05, 3.63) is 84.2 Å². The van der Waals surface area contributed by atoms with Crippen LogP contribution in [0.15, 0.2) is 77.7 Å². The monoisotopic (exact) mass is 481 g/mol. The highest BCUT2D eigenvalue weighted by molar-refractivity contribution is 7.92. The molecule has 1 fully saturated rings. The van der Waals surface area contributed by atoms with E-state index >= 15 is 0 Å². The highest BCUT2D eigenvalue weighted by atomic mass is 32.2. The van der Waals surface area contributed by atoms with Crippen molar-refractivity contribution in [3.63, 3.8) is 0 Å². The summed E-state index contributed by atoms with van der Waals surface area (Å²) < 4.78 is 42.2. The SMILES string of the molecule is Cc1ccc(S(=O)(=O)N(CC(=O)Nc2ccc(N3CCCCC3)cc2)c2ccccc2F)cc1.